The molecule has 5 rings (SSSR count). The minimum Gasteiger partial charge on any atom is -0.497 e. The van der Waals surface area contributed by atoms with Crippen molar-refractivity contribution in [2.24, 2.45) is 0 Å². The van der Waals surface area contributed by atoms with Crippen LogP contribution in [-0.2, 0) is 13.0 Å². The molecule has 0 saturated heterocycles. The zero-order valence-electron chi connectivity index (χ0n) is 16.2. The minimum atomic E-state index is -0.184. The van der Waals surface area contributed by atoms with Gasteiger partial charge in [0, 0.05) is 23.1 Å². The fourth-order valence-corrected chi connectivity index (χ4v) is 4.16. The van der Waals surface area contributed by atoms with E-state index in [-0.39, 0.29) is 18.9 Å². The van der Waals surface area contributed by atoms with E-state index in [2.05, 4.69) is 21.7 Å². The molecule has 0 radical (unpaired) electrons. The second-order valence-corrected chi connectivity index (χ2v) is 7.39. The van der Waals surface area contributed by atoms with Crippen molar-refractivity contribution >= 4 is 16.9 Å². The molecule has 1 aliphatic heterocycles. The van der Waals surface area contributed by atoms with Gasteiger partial charge < -0.3 is 29.8 Å². The van der Waals surface area contributed by atoms with Crippen molar-refractivity contribution in [3.63, 3.8) is 0 Å². The first-order chi connectivity index (χ1) is 14.2. The molecule has 2 heterocycles. The van der Waals surface area contributed by atoms with Crippen molar-refractivity contribution < 1.29 is 19.0 Å². The standard InChI is InChI=1S/C22H23N3O4/c1-27-14-6-7-17-16(10-14)15-3-2-4-18(21(15)24-17)25-22(26)23-11-13-5-8-19-20(9-13)29-12-28-19/h5-10,18,24H,2-4,11-12H2,1H3,(H2,23,25,26)/t18-/m0/s1. The quantitative estimate of drug-likeness (QED) is 0.630. The van der Waals surface area contributed by atoms with Crippen LogP contribution in [0.5, 0.6) is 17.2 Å². The number of hydrogen-bond donors (Lipinski definition) is 3. The Morgan fingerprint density at radius 1 is 1.21 bits per heavy atom. The van der Waals surface area contributed by atoms with E-state index in [1.165, 1.54) is 10.9 Å². The summed E-state index contributed by atoms with van der Waals surface area (Å²) in [4.78, 5) is 16.0. The number of carbonyl (C=O) groups excluding carboxylic acids is 1. The molecule has 1 aliphatic carbocycles. The van der Waals surface area contributed by atoms with E-state index >= 15 is 0 Å². The van der Waals surface area contributed by atoms with Crippen LogP contribution in [0.4, 0.5) is 4.79 Å². The average Bonchev–Trinajstić information content (AvgIpc) is 3.36. The van der Waals surface area contributed by atoms with Gasteiger partial charge in [-0.25, -0.2) is 4.79 Å². The lowest BCUT2D eigenvalue weighted by molar-refractivity contribution is 0.174. The third-order valence-electron chi connectivity index (χ3n) is 5.61. The molecule has 3 N–H and O–H groups in total. The highest BCUT2D eigenvalue weighted by atomic mass is 16.7. The highest BCUT2D eigenvalue weighted by molar-refractivity contribution is 5.87. The first-order valence-electron chi connectivity index (χ1n) is 9.82. The third-order valence-corrected chi connectivity index (χ3v) is 5.61. The van der Waals surface area contributed by atoms with Gasteiger partial charge in [0.15, 0.2) is 11.5 Å². The van der Waals surface area contributed by atoms with Crippen LogP contribution in [0.15, 0.2) is 36.4 Å². The zero-order valence-corrected chi connectivity index (χ0v) is 16.2. The van der Waals surface area contributed by atoms with Gasteiger partial charge >= 0.3 is 6.03 Å². The molecule has 7 nitrogen and oxygen atoms in total. The van der Waals surface area contributed by atoms with E-state index in [9.17, 15) is 4.79 Å². The van der Waals surface area contributed by atoms with E-state index < -0.39 is 0 Å². The van der Waals surface area contributed by atoms with Crippen molar-refractivity contribution in [1.29, 1.82) is 0 Å². The maximum atomic E-state index is 12.5. The van der Waals surface area contributed by atoms with Crippen LogP contribution in [-0.4, -0.2) is 24.9 Å². The molecule has 1 atom stereocenters. The largest absolute Gasteiger partial charge is 0.497 e. The van der Waals surface area contributed by atoms with Gasteiger partial charge in [-0.05, 0) is 60.7 Å². The molecule has 1 aromatic heterocycles. The number of urea groups is 1. The van der Waals surface area contributed by atoms with Crippen LogP contribution >= 0.6 is 0 Å². The zero-order chi connectivity index (χ0) is 19.8. The number of nitrogens with one attached hydrogen (secondary N) is 3. The van der Waals surface area contributed by atoms with Crippen LogP contribution in [0.3, 0.4) is 0 Å². The number of ether oxygens (including phenoxy) is 3. The first kappa shape index (κ1) is 17.7. The maximum absolute atomic E-state index is 12.5. The number of amides is 2. The summed E-state index contributed by atoms with van der Waals surface area (Å²) in [6.07, 6.45) is 2.94. The predicted molar refractivity (Wildman–Crippen MR) is 108 cm³/mol. The molecule has 150 valence electrons. The van der Waals surface area contributed by atoms with Crippen LogP contribution in [0.25, 0.3) is 10.9 Å². The number of H-pyrrole nitrogens is 1. The van der Waals surface area contributed by atoms with Gasteiger partial charge in [0.25, 0.3) is 0 Å². The normalized spacial score (nSPS) is 17.1. The molecule has 0 bridgehead atoms. The van der Waals surface area contributed by atoms with Crippen LogP contribution in [0.2, 0.25) is 0 Å². The van der Waals surface area contributed by atoms with Gasteiger partial charge in [0.05, 0.1) is 13.2 Å². The molecule has 0 saturated carbocycles. The molecule has 2 aliphatic rings. The molecule has 3 aromatic rings. The number of hydrogen-bond acceptors (Lipinski definition) is 4. The molecule has 0 fully saturated rings. The van der Waals surface area contributed by atoms with Gasteiger partial charge in [-0.2, -0.15) is 0 Å². The van der Waals surface area contributed by atoms with E-state index in [1.54, 1.807) is 7.11 Å². The molecular weight excluding hydrogens is 370 g/mol. The summed E-state index contributed by atoms with van der Waals surface area (Å²) in [7, 11) is 1.68. The molecule has 0 unspecified atom stereocenters. The summed E-state index contributed by atoms with van der Waals surface area (Å²) in [6, 6.07) is 11.5. The number of aromatic amines is 1. The number of aromatic nitrogens is 1. The Morgan fingerprint density at radius 2 is 2.10 bits per heavy atom. The summed E-state index contributed by atoms with van der Waals surface area (Å²) < 4.78 is 16.1. The number of benzene rings is 2. The second kappa shape index (κ2) is 7.24. The summed E-state index contributed by atoms with van der Waals surface area (Å²) >= 11 is 0. The summed E-state index contributed by atoms with van der Waals surface area (Å²) in [5, 5.41) is 7.23. The molecule has 7 heteroatoms. The Balaban J connectivity index is 1.28. The highest BCUT2D eigenvalue weighted by Crippen LogP contribution is 2.36. The predicted octanol–water partition coefficient (Wildman–Crippen LogP) is 3.78. The lowest BCUT2D eigenvalue weighted by Gasteiger charge is -2.24. The van der Waals surface area contributed by atoms with Gasteiger partial charge in [-0.3, -0.25) is 0 Å². The van der Waals surface area contributed by atoms with Crippen molar-refractivity contribution in [3.8, 4) is 17.2 Å². The van der Waals surface area contributed by atoms with Crippen LogP contribution in [0, 0.1) is 0 Å². The fourth-order valence-electron chi connectivity index (χ4n) is 4.16. The van der Waals surface area contributed by atoms with Crippen molar-refractivity contribution in [3.05, 3.63) is 53.2 Å². The van der Waals surface area contributed by atoms with Gasteiger partial charge in [-0.15, -0.1) is 0 Å². The van der Waals surface area contributed by atoms with Crippen molar-refractivity contribution in [2.75, 3.05) is 13.9 Å². The summed E-state index contributed by atoms with van der Waals surface area (Å²) in [6.45, 7) is 0.666. The maximum Gasteiger partial charge on any atom is 0.315 e. The smallest absolute Gasteiger partial charge is 0.315 e. The first-order valence-corrected chi connectivity index (χ1v) is 9.82. The molecular formula is C22H23N3O4. The van der Waals surface area contributed by atoms with Gasteiger partial charge in [0.1, 0.15) is 5.75 Å². The lowest BCUT2D eigenvalue weighted by atomic mass is 9.92. The monoisotopic (exact) mass is 393 g/mol. The molecule has 29 heavy (non-hydrogen) atoms. The Kier molecular flexibility index (Phi) is 4.42. The summed E-state index contributed by atoms with van der Waals surface area (Å²) in [5.74, 6) is 2.30. The Morgan fingerprint density at radius 3 is 3.00 bits per heavy atom. The number of carbonyl (C=O) groups is 1. The molecule has 2 amide bonds. The Labute approximate surface area is 168 Å². The average molecular weight is 393 g/mol. The number of fused-ring (bicyclic) bond motifs is 4. The van der Waals surface area contributed by atoms with E-state index in [4.69, 9.17) is 14.2 Å². The van der Waals surface area contributed by atoms with E-state index in [0.29, 0.717) is 6.54 Å². The number of aryl methyl sites for hydroxylation is 1. The molecule has 0 spiro atoms. The van der Waals surface area contributed by atoms with E-state index in [1.807, 2.05) is 30.3 Å². The van der Waals surface area contributed by atoms with Crippen LogP contribution < -0.4 is 24.8 Å². The molecule has 2 aromatic carbocycles. The van der Waals surface area contributed by atoms with E-state index in [0.717, 1.165) is 53.3 Å². The van der Waals surface area contributed by atoms with Crippen molar-refractivity contribution in [2.45, 2.75) is 31.8 Å². The SMILES string of the molecule is COc1ccc2[nH]c3c(c2c1)CCC[C@@H]3NC(=O)NCc1ccc2c(c1)OCO2. The van der Waals surface area contributed by atoms with Crippen molar-refractivity contribution in [1.82, 2.24) is 15.6 Å². The second-order valence-electron chi connectivity index (χ2n) is 7.39. The highest BCUT2D eigenvalue weighted by Gasteiger charge is 2.25. The Bertz CT molecular complexity index is 1080. The van der Waals surface area contributed by atoms with Gasteiger partial charge in [-0.1, -0.05) is 6.07 Å². The minimum absolute atomic E-state index is 0.0334. The number of methoxy groups -OCH3 is 1. The lowest BCUT2D eigenvalue weighted by Crippen LogP contribution is -2.38. The third kappa shape index (κ3) is 3.33. The topological polar surface area (TPSA) is 84.6 Å². The summed E-state index contributed by atoms with van der Waals surface area (Å²) in [5.41, 5.74) is 4.40. The fraction of sp³-hybridized carbons (Fsp3) is 0.318. The van der Waals surface area contributed by atoms with Gasteiger partial charge in [0.2, 0.25) is 6.79 Å². The van der Waals surface area contributed by atoms with Crippen LogP contribution in [0.1, 0.15) is 35.7 Å². The number of rotatable bonds is 4. The Hall–Kier alpha value is -3.35.